The Morgan fingerprint density at radius 2 is 1.57 bits per heavy atom. The van der Waals surface area contributed by atoms with E-state index >= 15 is 0 Å². The predicted molar refractivity (Wildman–Crippen MR) is 83.6 cm³/mol. The molecule has 0 amide bonds. The van der Waals surface area contributed by atoms with Crippen molar-refractivity contribution in [3.63, 3.8) is 0 Å². The molecule has 110 valence electrons. The van der Waals surface area contributed by atoms with E-state index in [1.165, 1.54) is 6.92 Å². The normalized spacial score (nSPS) is 10.5. The van der Waals surface area contributed by atoms with Gasteiger partial charge in [0, 0.05) is 0 Å². The lowest BCUT2D eigenvalue weighted by molar-refractivity contribution is 0.101. The number of hydrogen-bond donors (Lipinski definition) is 0. The van der Waals surface area contributed by atoms with Gasteiger partial charge in [0.05, 0.1) is 7.11 Å². The Morgan fingerprint density at radius 3 is 2.19 bits per heavy atom. The van der Waals surface area contributed by atoms with Crippen LogP contribution in [0.5, 0.6) is 17.2 Å². The van der Waals surface area contributed by atoms with Crippen molar-refractivity contribution in [2.24, 2.45) is 0 Å². The van der Waals surface area contributed by atoms with E-state index in [1.807, 2.05) is 30.3 Å². The van der Waals surface area contributed by atoms with Crippen LogP contribution in [-0.4, -0.2) is 12.9 Å². The molecule has 0 fully saturated rings. The van der Waals surface area contributed by atoms with E-state index in [0.29, 0.717) is 23.0 Å². The molecular weight excluding hydrogens is 264 g/mol. The van der Waals surface area contributed by atoms with Gasteiger partial charge in [-0.1, -0.05) is 38.1 Å². The molecular formula is C18H20O3. The molecule has 3 heteroatoms. The summed E-state index contributed by atoms with van der Waals surface area (Å²) in [5, 5.41) is 0. The standard InChI is InChI=1S/C18H20O3/c1-12(2)14-8-5-6-9-15(14)21-17-11-7-10-16(20-4)18(17)13(3)19/h5-12H,1-4H3. The molecule has 0 aliphatic heterocycles. The van der Waals surface area contributed by atoms with E-state index in [1.54, 1.807) is 19.2 Å². The predicted octanol–water partition coefficient (Wildman–Crippen LogP) is 4.81. The average molecular weight is 284 g/mol. The SMILES string of the molecule is COc1cccc(Oc2ccccc2C(C)C)c1C(C)=O. The first-order valence-electron chi connectivity index (χ1n) is 6.99. The van der Waals surface area contributed by atoms with Crippen molar-refractivity contribution >= 4 is 5.78 Å². The minimum atomic E-state index is -0.0792. The second kappa shape index (κ2) is 6.44. The Hall–Kier alpha value is -2.29. The van der Waals surface area contributed by atoms with Gasteiger partial charge in [0.1, 0.15) is 22.8 Å². The van der Waals surface area contributed by atoms with Gasteiger partial charge in [-0.05, 0) is 36.6 Å². The molecule has 0 aliphatic carbocycles. The van der Waals surface area contributed by atoms with Crippen molar-refractivity contribution in [2.75, 3.05) is 7.11 Å². The zero-order valence-electron chi connectivity index (χ0n) is 12.8. The van der Waals surface area contributed by atoms with Crippen LogP contribution in [-0.2, 0) is 0 Å². The smallest absolute Gasteiger partial charge is 0.167 e. The molecule has 0 saturated heterocycles. The third-order valence-electron chi connectivity index (χ3n) is 3.32. The lowest BCUT2D eigenvalue weighted by atomic mass is 10.0. The number of benzene rings is 2. The molecule has 0 spiro atoms. The highest BCUT2D eigenvalue weighted by atomic mass is 16.5. The summed E-state index contributed by atoms with van der Waals surface area (Å²) in [4.78, 5) is 11.9. The van der Waals surface area contributed by atoms with Crippen LogP contribution >= 0.6 is 0 Å². The Kier molecular flexibility index (Phi) is 4.63. The first-order valence-corrected chi connectivity index (χ1v) is 6.99. The van der Waals surface area contributed by atoms with E-state index in [9.17, 15) is 4.79 Å². The van der Waals surface area contributed by atoms with Crippen molar-refractivity contribution < 1.29 is 14.3 Å². The minimum absolute atomic E-state index is 0.0792. The van der Waals surface area contributed by atoms with Crippen LogP contribution in [0.2, 0.25) is 0 Å². The van der Waals surface area contributed by atoms with E-state index in [2.05, 4.69) is 13.8 Å². The zero-order chi connectivity index (χ0) is 15.4. The van der Waals surface area contributed by atoms with E-state index in [-0.39, 0.29) is 5.78 Å². The zero-order valence-corrected chi connectivity index (χ0v) is 12.8. The first-order chi connectivity index (χ1) is 10.0. The average Bonchev–Trinajstić information content (AvgIpc) is 2.47. The molecule has 0 N–H and O–H groups in total. The van der Waals surface area contributed by atoms with Crippen LogP contribution in [0.25, 0.3) is 0 Å². The van der Waals surface area contributed by atoms with Gasteiger partial charge in [0.15, 0.2) is 5.78 Å². The first kappa shape index (κ1) is 15.1. The summed E-state index contributed by atoms with van der Waals surface area (Å²) in [6.45, 7) is 5.73. The number of methoxy groups -OCH3 is 1. The molecule has 0 saturated carbocycles. The molecule has 21 heavy (non-hydrogen) atoms. The van der Waals surface area contributed by atoms with Crippen molar-refractivity contribution in [1.29, 1.82) is 0 Å². The summed E-state index contributed by atoms with van der Waals surface area (Å²) < 4.78 is 11.3. The molecule has 0 unspecified atom stereocenters. The molecule has 2 aromatic rings. The molecule has 0 heterocycles. The maximum atomic E-state index is 11.9. The van der Waals surface area contributed by atoms with E-state index in [4.69, 9.17) is 9.47 Å². The van der Waals surface area contributed by atoms with Gasteiger partial charge in [-0.2, -0.15) is 0 Å². The summed E-state index contributed by atoms with van der Waals surface area (Å²) in [5.41, 5.74) is 1.58. The van der Waals surface area contributed by atoms with Crippen LogP contribution in [0.4, 0.5) is 0 Å². The Morgan fingerprint density at radius 1 is 0.952 bits per heavy atom. The van der Waals surface area contributed by atoms with E-state index in [0.717, 1.165) is 11.3 Å². The Balaban J connectivity index is 2.48. The van der Waals surface area contributed by atoms with Crippen LogP contribution in [0.1, 0.15) is 42.6 Å². The summed E-state index contributed by atoms with van der Waals surface area (Å²) in [5.74, 6) is 2.08. The maximum absolute atomic E-state index is 11.9. The van der Waals surface area contributed by atoms with Gasteiger partial charge in [-0.15, -0.1) is 0 Å². The third-order valence-corrected chi connectivity index (χ3v) is 3.32. The molecule has 2 aromatic carbocycles. The fraction of sp³-hybridized carbons (Fsp3) is 0.278. The topological polar surface area (TPSA) is 35.5 Å². The van der Waals surface area contributed by atoms with Gasteiger partial charge >= 0.3 is 0 Å². The number of carbonyl (C=O) groups is 1. The minimum Gasteiger partial charge on any atom is -0.496 e. The van der Waals surface area contributed by atoms with Gasteiger partial charge in [-0.25, -0.2) is 0 Å². The van der Waals surface area contributed by atoms with Gasteiger partial charge in [0.2, 0.25) is 0 Å². The van der Waals surface area contributed by atoms with Gasteiger partial charge in [-0.3, -0.25) is 4.79 Å². The molecule has 0 aliphatic rings. The molecule has 0 radical (unpaired) electrons. The number of ketones is 1. The monoisotopic (exact) mass is 284 g/mol. The number of carbonyl (C=O) groups excluding carboxylic acids is 1. The maximum Gasteiger partial charge on any atom is 0.167 e. The highest BCUT2D eigenvalue weighted by Crippen LogP contribution is 2.35. The number of para-hydroxylation sites is 1. The van der Waals surface area contributed by atoms with Crippen LogP contribution in [0.3, 0.4) is 0 Å². The quantitative estimate of drug-likeness (QED) is 0.739. The van der Waals surface area contributed by atoms with Gasteiger partial charge < -0.3 is 9.47 Å². The Labute approximate surface area is 125 Å². The molecule has 0 bridgehead atoms. The summed E-state index contributed by atoms with van der Waals surface area (Å²) in [6, 6.07) is 13.2. The molecule has 3 nitrogen and oxygen atoms in total. The van der Waals surface area contributed by atoms with Crippen molar-refractivity contribution in [3.05, 3.63) is 53.6 Å². The molecule has 0 aromatic heterocycles. The van der Waals surface area contributed by atoms with Crippen LogP contribution in [0.15, 0.2) is 42.5 Å². The number of ether oxygens (including phenoxy) is 2. The van der Waals surface area contributed by atoms with Crippen LogP contribution < -0.4 is 9.47 Å². The van der Waals surface area contributed by atoms with Gasteiger partial charge in [0.25, 0.3) is 0 Å². The lowest BCUT2D eigenvalue weighted by Gasteiger charge is -2.16. The van der Waals surface area contributed by atoms with Crippen molar-refractivity contribution in [2.45, 2.75) is 26.7 Å². The number of rotatable bonds is 5. The van der Waals surface area contributed by atoms with E-state index < -0.39 is 0 Å². The summed E-state index contributed by atoms with van der Waals surface area (Å²) in [6.07, 6.45) is 0. The lowest BCUT2D eigenvalue weighted by Crippen LogP contribution is -2.02. The highest BCUT2D eigenvalue weighted by Gasteiger charge is 2.17. The largest absolute Gasteiger partial charge is 0.496 e. The molecule has 2 rings (SSSR count). The van der Waals surface area contributed by atoms with Crippen LogP contribution in [0, 0.1) is 0 Å². The fourth-order valence-electron chi connectivity index (χ4n) is 2.28. The van der Waals surface area contributed by atoms with Crippen molar-refractivity contribution in [1.82, 2.24) is 0 Å². The second-order valence-corrected chi connectivity index (χ2v) is 5.18. The fourth-order valence-corrected chi connectivity index (χ4v) is 2.28. The highest BCUT2D eigenvalue weighted by molar-refractivity contribution is 5.99. The third kappa shape index (κ3) is 3.24. The van der Waals surface area contributed by atoms with Crippen molar-refractivity contribution in [3.8, 4) is 17.2 Å². The Bertz CT molecular complexity index is 645. The second-order valence-electron chi connectivity index (χ2n) is 5.18. The summed E-state index contributed by atoms with van der Waals surface area (Å²) in [7, 11) is 1.55. The number of Topliss-reactive ketones (excluding diaryl/α,β-unsaturated/α-hetero) is 1. The number of hydrogen-bond acceptors (Lipinski definition) is 3. The molecule has 0 atom stereocenters. The summed E-state index contributed by atoms with van der Waals surface area (Å²) >= 11 is 0.